The smallest absolute Gasteiger partial charge is 0.203 e. The fourth-order valence-corrected chi connectivity index (χ4v) is 1.25. The van der Waals surface area contributed by atoms with E-state index in [1.54, 1.807) is 0 Å². The summed E-state index contributed by atoms with van der Waals surface area (Å²) in [5.41, 5.74) is 0.122. The summed E-state index contributed by atoms with van der Waals surface area (Å²) >= 11 is 0. The number of hydrogen-bond acceptors (Lipinski definition) is 2. The Kier molecular flexibility index (Phi) is 3.55. The Hall–Kier alpha value is -0.990. The quantitative estimate of drug-likeness (QED) is 0.783. The first-order valence-electron chi connectivity index (χ1n) is 5.38. The average Bonchev–Trinajstić information content (AvgIpc) is 2.53. The molecule has 0 aliphatic rings. The molecule has 80 valence electrons. The summed E-state index contributed by atoms with van der Waals surface area (Å²) in [4.78, 5) is 4.32. The fourth-order valence-electron chi connectivity index (χ4n) is 1.25. The minimum absolute atomic E-state index is 0.122. The van der Waals surface area contributed by atoms with E-state index in [1.807, 2.05) is 12.4 Å². The standard InChI is InChI=1S/C11H21N3/c1-5-8-14-9-7-12-10(14)13-11(3,4)6-2/h7,9H,5-6,8H2,1-4H3,(H,12,13). The van der Waals surface area contributed by atoms with Gasteiger partial charge in [-0.25, -0.2) is 4.98 Å². The molecular weight excluding hydrogens is 174 g/mol. The highest BCUT2D eigenvalue weighted by Crippen LogP contribution is 2.16. The molecule has 0 aliphatic carbocycles. The highest BCUT2D eigenvalue weighted by atomic mass is 15.2. The SMILES string of the molecule is CCCn1ccnc1NC(C)(C)CC. The second kappa shape index (κ2) is 4.49. The molecule has 1 rings (SSSR count). The van der Waals surface area contributed by atoms with Crippen LogP contribution >= 0.6 is 0 Å². The molecule has 0 bridgehead atoms. The number of hydrogen-bond donors (Lipinski definition) is 1. The van der Waals surface area contributed by atoms with Crippen molar-refractivity contribution in [2.75, 3.05) is 5.32 Å². The van der Waals surface area contributed by atoms with Crippen molar-refractivity contribution in [1.82, 2.24) is 9.55 Å². The van der Waals surface area contributed by atoms with Gasteiger partial charge in [-0.2, -0.15) is 0 Å². The van der Waals surface area contributed by atoms with Crippen molar-refractivity contribution in [3.63, 3.8) is 0 Å². The van der Waals surface area contributed by atoms with Gasteiger partial charge in [0.1, 0.15) is 0 Å². The average molecular weight is 195 g/mol. The predicted octanol–water partition coefficient (Wildman–Crippen LogP) is 2.89. The number of anilines is 1. The van der Waals surface area contributed by atoms with Gasteiger partial charge in [-0.3, -0.25) is 0 Å². The van der Waals surface area contributed by atoms with Gasteiger partial charge < -0.3 is 9.88 Å². The molecule has 0 radical (unpaired) electrons. The summed E-state index contributed by atoms with van der Waals surface area (Å²) in [5.74, 6) is 0.985. The Morgan fingerprint density at radius 1 is 1.43 bits per heavy atom. The Morgan fingerprint density at radius 3 is 2.71 bits per heavy atom. The molecule has 0 fully saturated rings. The topological polar surface area (TPSA) is 29.9 Å². The van der Waals surface area contributed by atoms with Crippen LogP contribution in [0.2, 0.25) is 0 Å². The summed E-state index contributed by atoms with van der Waals surface area (Å²) in [6, 6.07) is 0. The maximum atomic E-state index is 4.32. The molecule has 1 aromatic heterocycles. The molecule has 0 saturated carbocycles. The molecule has 14 heavy (non-hydrogen) atoms. The molecular formula is C11H21N3. The Balaban J connectivity index is 2.70. The Bertz CT molecular complexity index is 276. The number of aromatic nitrogens is 2. The number of imidazole rings is 1. The highest BCUT2D eigenvalue weighted by Gasteiger charge is 2.16. The number of nitrogens with zero attached hydrogens (tertiary/aromatic N) is 2. The molecule has 0 atom stereocenters. The first kappa shape index (κ1) is 11.1. The lowest BCUT2D eigenvalue weighted by Gasteiger charge is -2.25. The van der Waals surface area contributed by atoms with Crippen LogP contribution in [-0.2, 0) is 6.54 Å². The zero-order chi connectivity index (χ0) is 10.6. The van der Waals surface area contributed by atoms with E-state index >= 15 is 0 Å². The molecule has 1 heterocycles. The van der Waals surface area contributed by atoms with Crippen LogP contribution in [0.5, 0.6) is 0 Å². The maximum Gasteiger partial charge on any atom is 0.203 e. The molecule has 0 saturated heterocycles. The maximum absolute atomic E-state index is 4.32. The fraction of sp³-hybridized carbons (Fsp3) is 0.727. The zero-order valence-electron chi connectivity index (χ0n) is 9.67. The summed E-state index contributed by atoms with van der Waals surface area (Å²) in [7, 11) is 0. The molecule has 0 amide bonds. The second-order valence-electron chi connectivity index (χ2n) is 4.31. The van der Waals surface area contributed by atoms with Crippen molar-refractivity contribution < 1.29 is 0 Å². The van der Waals surface area contributed by atoms with E-state index in [4.69, 9.17) is 0 Å². The first-order valence-corrected chi connectivity index (χ1v) is 5.38. The van der Waals surface area contributed by atoms with Crippen molar-refractivity contribution in [2.45, 2.75) is 52.6 Å². The van der Waals surface area contributed by atoms with Crippen molar-refractivity contribution >= 4 is 5.95 Å². The van der Waals surface area contributed by atoms with Crippen molar-refractivity contribution in [3.8, 4) is 0 Å². The van der Waals surface area contributed by atoms with E-state index in [9.17, 15) is 0 Å². The van der Waals surface area contributed by atoms with E-state index in [0.29, 0.717) is 0 Å². The van der Waals surface area contributed by atoms with Crippen LogP contribution in [0, 0.1) is 0 Å². The van der Waals surface area contributed by atoms with Crippen LogP contribution in [-0.4, -0.2) is 15.1 Å². The third-order valence-corrected chi connectivity index (χ3v) is 2.51. The summed E-state index contributed by atoms with van der Waals surface area (Å²) in [6.45, 7) is 9.77. The molecule has 0 aliphatic heterocycles. The lowest BCUT2D eigenvalue weighted by Crippen LogP contribution is -2.31. The van der Waals surface area contributed by atoms with Crippen LogP contribution < -0.4 is 5.32 Å². The predicted molar refractivity (Wildman–Crippen MR) is 60.5 cm³/mol. The molecule has 3 nitrogen and oxygen atoms in total. The summed E-state index contributed by atoms with van der Waals surface area (Å²) < 4.78 is 2.16. The first-order chi connectivity index (χ1) is 6.59. The van der Waals surface area contributed by atoms with E-state index in [1.165, 1.54) is 0 Å². The number of nitrogens with one attached hydrogen (secondary N) is 1. The van der Waals surface area contributed by atoms with Gasteiger partial charge in [-0.15, -0.1) is 0 Å². The Morgan fingerprint density at radius 2 is 2.14 bits per heavy atom. The molecule has 1 N–H and O–H groups in total. The third kappa shape index (κ3) is 2.76. The second-order valence-corrected chi connectivity index (χ2v) is 4.31. The van der Waals surface area contributed by atoms with E-state index in [0.717, 1.165) is 25.3 Å². The highest BCUT2D eigenvalue weighted by molar-refractivity contribution is 5.29. The lowest BCUT2D eigenvalue weighted by molar-refractivity contribution is 0.533. The lowest BCUT2D eigenvalue weighted by atomic mass is 10.0. The van der Waals surface area contributed by atoms with Gasteiger partial charge >= 0.3 is 0 Å². The van der Waals surface area contributed by atoms with E-state index in [-0.39, 0.29) is 5.54 Å². The van der Waals surface area contributed by atoms with Crippen molar-refractivity contribution in [1.29, 1.82) is 0 Å². The van der Waals surface area contributed by atoms with Crippen LogP contribution in [0.1, 0.15) is 40.5 Å². The third-order valence-electron chi connectivity index (χ3n) is 2.51. The normalized spacial score (nSPS) is 11.7. The van der Waals surface area contributed by atoms with Gasteiger partial charge in [0.2, 0.25) is 5.95 Å². The molecule has 3 heteroatoms. The van der Waals surface area contributed by atoms with Gasteiger partial charge in [0, 0.05) is 24.5 Å². The van der Waals surface area contributed by atoms with Gasteiger partial charge in [0.15, 0.2) is 0 Å². The molecule has 0 unspecified atom stereocenters. The van der Waals surface area contributed by atoms with Gasteiger partial charge in [-0.1, -0.05) is 13.8 Å². The Labute approximate surface area is 86.5 Å². The monoisotopic (exact) mass is 195 g/mol. The minimum Gasteiger partial charge on any atom is -0.351 e. The van der Waals surface area contributed by atoms with Crippen LogP contribution in [0.25, 0.3) is 0 Å². The number of aryl methyl sites for hydroxylation is 1. The minimum atomic E-state index is 0.122. The summed E-state index contributed by atoms with van der Waals surface area (Å²) in [6.07, 6.45) is 6.10. The van der Waals surface area contributed by atoms with E-state index in [2.05, 4.69) is 42.6 Å². The van der Waals surface area contributed by atoms with Crippen molar-refractivity contribution in [3.05, 3.63) is 12.4 Å². The van der Waals surface area contributed by atoms with Crippen LogP contribution in [0.4, 0.5) is 5.95 Å². The zero-order valence-corrected chi connectivity index (χ0v) is 9.67. The van der Waals surface area contributed by atoms with Gasteiger partial charge in [0.05, 0.1) is 0 Å². The molecule has 0 aromatic carbocycles. The summed E-state index contributed by atoms with van der Waals surface area (Å²) in [5, 5.41) is 3.45. The van der Waals surface area contributed by atoms with Crippen LogP contribution in [0.3, 0.4) is 0 Å². The largest absolute Gasteiger partial charge is 0.351 e. The van der Waals surface area contributed by atoms with E-state index < -0.39 is 0 Å². The van der Waals surface area contributed by atoms with Crippen LogP contribution in [0.15, 0.2) is 12.4 Å². The number of rotatable bonds is 5. The van der Waals surface area contributed by atoms with Crippen molar-refractivity contribution in [2.24, 2.45) is 0 Å². The van der Waals surface area contributed by atoms with Gasteiger partial charge in [0.25, 0.3) is 0 Å². The molecule has 0 spiro atoms. The molecule has 1 aromatic rings. The van der Waals surface area contributed by atoms with Gasteiger partial charge in [-0.05, 0) is 26.7 Å².